The quantitative estimate of drug-likeness (QED) is 0.306. The van der Waals surface area contributed by atoms with Crippen molar-refractivity contribution in [3.8, 4) is 5.75 Å². The second kappa shape index (κ2) is 9.57. The minimum Gasteiger partial charge on any atom is -1.00 e. The van der Waals surface area contributed by atoms with Gasteiger partial charge in [-0.25, -0.2) is 0 Å². The van der Waals surface area contributed by atoms with Gasteiger partial charge in [-0.2, -0.15) is 0 Å². The predicted molar refractivity (Wildman–Crippen MR) is 41.3 cm³/mol. The molecule has 0 aromatic heterocycles. The Bertz CT molecular complexity index is 180. The van der Waals surface area contributed by atoms with Crippen LogP contribution in [0, 0.1) is 5.75 Å². The summed E-state index contributed by atoms with van der Waals surface area (Å²) in [4.78, 5) is 0. The Morgan fingerprint density at radius 3 is 2.27 bits per heavy atom. The van der Waals surface area contributed by atoms with Gasteiger partial charge < -0.3 is 12.4 Å². The minimum absolute atomic E-state index is 0. The molecule has 0 aliphatic rings. The van der Waals surface area contributed by atoms with Gasteiger partial charge in [-0.3, -0.25) is 0 Å². The first-order valence-electron chi connectivity index (χ1n) is 2.66. The third-order valence-electron chi connectivity index (χ3n) is 0.971. The molecule has 0 aliphatic heterocycles. The van der Waals surface area contributed by atoms with Crippen molar-refractivity contribution in [2.45, 2.75) is 0 Å². The van der Waals surface area contributed by atoms with Gasteiger partial charge in [0.1, 0.15) is 0 Å². The molecule has 0 fully saturated rings. The van der Waals surface area contributed by atoms with Crippen LogP contribution in [0.5, 0.6) is 0 Å². The van der Waals surface area contributed by atoms with Gasteiger partial charge in [-0.15, -0.1) is 0 Å². The van der Waals surface area contributed by atoms with Crippen LogP contribution in [-0.2, 0) is 4.57 Å². The van der Waals surface area contributed by atoms with Crippen molar-refractivity contribution >= 4 is 45.7 Å². The van der Waals surface area contributed by atoms with E-state index in [1.54, 1.807) is 0 Å². The number of aliphatic hydroxyl groups is 1. The molecule has 0 aliphatic carbocycles. The molecule has 0 atom stereocenters. The van der Waals surface area contributed by atoms with E-state index in [0.29, 0.717) is 11.0 Å². The largest absolute Gasteiger partial charge is 1.00 e. The van der Waals surface area contributed by atoms with Crippen molar-refractivity contribution in [3.05, 3.63) is 0 Å². The number of aliphatic hydroxyl groups excluding tert-OH is 1. The Morgan fingerprint density at radius 2 is 2.00 bits per heavy atom. The summed E-state index contributed by atoms with van der Waals surface area (Å²) in [5.74, 6) is 2.62. The van der Waals surface area contributed by atoms with Crippen LogP contribution in [0.2, 0.25) is 0 Å². The second-order valence-electron chi connectivity index (χ2n) is 2.32. The van der Waals surface area contributed by atoms with Crippen LogP contribution in [0.15, 0.2) is 0 Å². The molecule has 0 aromatic carbocycles. The smallest absolute Gasteiger partial charge is 0 e. The van der Waals surface area contributed by atoms with Crippen molar-refractivity contribution in [1.29, 1.82) is 0 Å². The average Bonchev–Trinajstić information content (AvgIpc) is 1.64. The zero-order valence-corrected chi connectivity index (χ0v) is 10.6. The van der Waals surface area contributed by atoms with E-state index in [9.17, 15) is 4.57 Å². The Morgan fingerprint density at radius 1 is 1.55 bits per heavy atom. The molecule has 6 heteroatoms. The third kappa shape index (κ3) is 11.5. The molecule has 62 valence electrons. The zero-order valence-electron chi connectivity index (χ0n) is 6.75. The number of halogens is 1. The summed E-state index contributed by atoms with van der Waals surface area (Å²) < 4.78 is 10.3. The first kappa shape index (κ1) is 18.3. The number of quaternary nitrogens is 1. The van der Waals surface area contributed by atoms with Gasteiger partial charge in [-0.05, 0) is 0 Å². The molecule has 0 rings (SSSR count). The van der Waals surface area contributed by atoms with Gasteiger partial charge in [0, 0.05) is 37.7 Å². The van der Waals surface area contributed by atoms with Gasteiger partial charge in [0.05, 0.1) is 0 Å². The maximum atomic E-state index is 9.98. The van der Waals surface area contributed by atoms with E-state index in [1.165, 1.54) is 0 Å². The van der Waals surface area contributed by atoms with Crippen molar-refractivity contribution in [1.82, 2.24) is 0 Å². The van der Waals surface area contributed by atoms with Crippen LogP contribution in [0.25, 0.3) is 0 Å². The number of rotatable bonds is 2. The maximum Gasteiger partial charge on any atom is 0 e. The Balaban J connectivity index is -0.000000320. The SMILES string of the molecule is C[N+](C)(C#P=O)CCO.[Ca].[Cl-]. The van der Waals surface area contributed by atoms with Crippen molar-refractivity contribution in [2.24, 2.45) is 0 Å². The molecule has 0 bridgehead atoms. The first-order chi connectivity index (χ1) is 4.12. The summed E-state index contributed by atoms with van der Waals surface area (Å²) in [6.07, 6.45) is 0. The van der Waals surface area contributed by atoms with E-state index in [-0.39, 0.29) is 64.7 Å². The summed E-state index contributed by atoms with van der Waals surface area (Å²) in [6.45, 7) is 0.644. The van der Waals surface area contributed by atoms with E-state index in [1.807, 2.05) is 14.1 Å². The molecule has 0 amide bonds. The van der Waals surface area contributed by atoms with E-state index >= 15 is 0 Å². The molecule has 11 heavy (non-hydrogen) atoms. The van der Waals surface area contributed by atoms with Crippen LogP contribution in [0.1, 0.15) is 0 Å². The minimum atomic E-state index is -0.105. The molecule has 0 unspecified atom stereocenters. The van der Waals surface area contributed by atoms with E-state index in [4.69, 9.17) is 5.11 Å². The van der Waals surface area contributed by atoms with Crippen LogP contribution >= 0.6 is 7.92 Å². The van der Waals surface area contributed by atoms with E-state index in [0.717, 1.165) is 0 Å². The fourth-order valence-corrected chi connectivity index (χ4v) is 0.732. The van der Waals surface area contributed by atoms with Crippen LogP contribution in [0.4, 0.5) is 0 Å². The van der Waals surface area contributed by atoms with Crippen LogP contribution in [0.3, 0.4) is 0 Å². The molecule has 2 radical (unpaired) electrons. The first-order valence-corrected chi connectivity index (χ1v) is 3.47. The second-order valence-corrected chi connectivity index (χ2v) is 2.71. The van der Waals surface area contributed by atoms with Crippen molar-refractivity contribution in [3.63, 3.8) is 0 Å². The number of nitrogens with zero attached hydrogens (tertiary/aromatic N) is 1. The average molecular weight is 224 g/mol. The monoisotopic (exact) mass is 223 g/mol. The van der Waals surface area contributed by atoms with E-state index < -0.39 is 0 Å². The summed E-state index contributed by atoms with van der Waals surface area (Å²) in [5.41, 5.74) is 0. The summed E-state index contributed by atoms with van der Waals surface area (Å²) in [7, 11) is 3.54. The fraction of sp³-hybridized carbons (Fsp3) is 0.800. The zero-order chi connectivity index (χ0) is 7.33. The van der Waals surface area contributed by atoms with Gasteiger partial charge >= 0.3 is 55.1 Å². The van der Waals surface area contributed by atoms with E-state index in [2.05, 4.69) is 5.75 Å². The molecule has 0 heterocycles. The normalized spacial score (nSPS) is 8.64. The van der Waals surface area contributed by atoms with Crippen LogP contribution < -0.4 is 12.4 Å². The van der Waals surface area contributed by atoms with Gasteiger partial charge in [0.15, 0.2) is 0 Å². The molecule has 3 nitrogen and oxygen atoms in total. The number of hydrogen-bond acceptors (Lipinski definition) is 2. The molecule has 0 saturated heterocycles. The van der Waals surface area contributed by atoms with Gasteiger partial charge in [-0.1, -0.05) is 0 Å². The molecule has 0 aromatic rings. The number of likely N-dealkylation sites (N-methyl/N-ethyl adjacent to an activating group) is 1. The predicted octanol–water partition coefficient (Wildman–Crippen LogP) is -3.11. The number of hydrogen-bond donors (Lipinski definition) is 1. The summed E-state index contributed by atoms with van der Waals surface area (Å²) in [6, 6.07) is 0. The standard InChI is InChI=1S/C5H11NO2P.Ca.ClH/c1-6(2,3-4-7)5-9-8;;/h7H,3-4H2,1-2H3;;1H/q+1;;/p-1. The molecule has 0 saturated carbocycles. The Labute approximate surface area is 104 Å². The summed E-state index contributed by atoms with van der Waals surface area (Å²) in [5, 5.41) is 8.47. The van der Waals surface area contributed by atoms with Crippen LogP contribution in [-0.4, -0.2) is 74.6 Å². The van der Waals surface area contributed by atoms with Crippen molar-refractivity contribution in [2.75, 3.05) is 27.2 Å². The molecule has 1 N–H and O–H groups in total. The summed E-state index contributed by atoms with van der Waals surface area (Å²) >= 11 is 0. The topological polar surface area (TPSA) is 37.3 Å². The Kier molecular flexibility index (Phi) is 15.9. The third-order valence-corrected chi connectivity index (χ3v) is 1.59. The molecular weight excluding hydrogens is 213 g/mol. The maximum absolute atomic E-state index is 9.98. The molecule has 0 spiro atoms. The molecular formula is C5H11CaClNO2P. The van der Waals surface area contributed by atoms with Crippen molar-refractivity contribution < 1.29 is 26.6 Å². The van der Waals surface area contributed by atoms with Gasteiger partial charge in [0.25, 0.3) is 0 Å². The fourth-order valence-electron chi connectivity index (χ4n) is 0.411. The Hall–Kier alpha value is 1.48. The van der Waals surface area contributed by atoms with Gasteiger partial charge in [0.2, 0.25) is 0 Å².